The number of benzene rings is 1. The standard InChI is InChI=1S/C13H14BrN3OS/c1-8-13(9(2)17-16-8)19-7-12(18)15-11-5-3-4-10(14)6-11/h3-6H,7H2,1-2H3,(H,15,18)(H,16,17). The second-order valence-corrected chi connectivity index (χ2v) is 6.01. The molecule has 1 aromatic heterocycles. The molecule has 2 aromatic rings. The monoisotopic (exact) mass is 339 g/mol. The van der Waals surface area contributed by atoms with Gasteiger partial charge in [-0.05, 0) is 32.0 Å². The Balaban J connectivity index is 1.92. The van der Waals surface area contributed by atoms with Crippen molar-refractivity contribution < 1.29 is 4.79 Å². The number of nitrogens with zero attached hydrogens (tertiary/aromatic N) is 1. The van der Waals surface area contributed by atoms with Gasteiger partial charge in [-0.3, -0.25) is 9.89 Å². The summed E-state index contributed by atoms with van der Waals surface area (Å²) < 4.78 is 0.944. The van der Waals surface area contributed by atoms with Crippen LogP contribution in [0.4, 0.5) is 5.69 Å². The predicted octanol–water partition coefficient (Wildman–Crippen LogP) is 3.52. The Morgan fingerprint density at radius 3 is 2.89 bits per heavy atom. The van der Waals surface area contributed by atoms with E-state index in [4.69, 9.17) is 0 Å². The van der Waals surface area contributed by atoms with E-state index in [1.165, 1.54) is 11.8 Å². The summed E-state index contributed by atoms with van der Waals surface area (Å²) >= 11 is 4.87. The molecule has 1 amide bonds. The van der Waals surface area contributed by atoms with Crippen LogP contribution in [0.3, 0.4) is 0 Å². The van der Waals surface area contributed by atoms with Crippen molar-refractivity contribution in [2.75, 3.05) is 11.1 Å². The fourth-order valence-corrected chi connectivity index (χ4v) is 2.92. The third-order valence-corrected chi connectivity index (χ3v) is 4.31. The number of carbonyl (C=O) groups excluding carboxylic acids is 1. The maximum absolute atomic E-state index is 11.9. The highest BCUT2D eigenvalue weighted by Gasteiger charge is 2.10. The maximum Gasteiger partial charge on any atom is 0.234 e. The lowest BCUT2D eigenvalue weighted by molar-refractivity contribution is -0.113. The number of H-pyrrole nitrogens is 1. The molecule has 0 spiro atoms. The highest BCUT2D eigenvalue weighted by Crippen LogP contribution is 2.24. The molecule has 0 radical (unpaired) electrons. The fourth-order valence-electron chi connectivity index (χ4n) is 1.65. The van der Waals surface area contributed by atoms with Crippen molar-refractivity contribution in [3.05, 3.63) is 40.1 Å². The number of thioether (sulfide) groups is 1. The molecule has 2 N–H and O–H groups in total. The zero-order valence-corrected chi connectivity index (χ0v) is 13.1. The molecule has 0 atom stereocenters. The quantitative estimate of drug-likeness (QED) is 0.838. The summed E-state index contributed by atoms with van der Waals surface area (Å²) in [6, 6.07) is 7.54. The van der Waals surface area contributed by atoms with Crippen molar-refractivity contribution in [2.24, 2.45) is 0 Å². The van der Waals surface area contributed by atoms with Gasteiger partial charge in [0.05, 0.1) is 16.3 Å². The Kier molecular flexibility index (Phi) is 4.66. The van der Waals surface area contributed by atoms with Crippen LogP contribution in [-0.4, -0.2) is 21.9 Å². The third-order valence-electron chi connectivity index (χ3n) is 2.52. The van der Waals surface area contributed by atoms with Crippen LogP contribution >= 0.6 is 27.7 Å². The number of aryl methyl sites for hydroxylation is 2. The average Bonchev–Trinajstić information content (AvgIpc) is 2.67. The van der Waals surface area contributed by atoms with Crippen LogP contribution in [0.1, 0.15) is 11.4 Å². The van der Waals surface area contributed by atoms with E-state index in [1.807, 2.05) is 38.1 Å². The molecule has 0 aliphatic heterocycles. The molecule has 100 valence electrons. The van der Waals surface area contributed by atoms with Crippen molar-refractivity contribution in [1.29, 1.82) is 0 Å². The zero-order valence-electron chi connectivity index (χ0n) is 10.7. The van der Waals surface area contributed by atoms with Gasteiger partial charge >= 0.3 is 0 Å². The summed E-state index contributed by atoms with van der Waals surface area (Å²) in [6.07, 6.45) is 0. The van der Waals surface area contributed by atoms with Crippen LogP contribution in [0.5, 0.6) is 0 Å². The SMILES string of the molecule is Cc1n[nH]c(C)c1SCC(=O)Nc1cccc(Br)c1. The van der Waals surface area contributed by atoms with Crippen LogP contribution in [0.25, 0.3) is 0 Å². The van der Waals surface area contributed by atoms with Crippen molar-refractivity contribution in [2.45, 2.75) is 18.7 Å². The van der Waals surface area contributed by atoms with Crippen LogP contribution in [0.15, 0.2) is 33.6 Å². The van der Waals surface area contributed by atoms with E-state index in [0.717, 1.165) is 26.4 Å². The Bertz CT molecular complexity index is 578. The van der Waals surface area contributed by atoms with Crippen LogP contribution in [0, 0.1) is 13.8 Å². The first-order valence-corrected chi connectivity index (χ1v) is 7.54. The summed E-state index contributed by atoms with van der Waals surface area (Å²) in [5.41, 5.74) is 2.72. The van der Waals surface area contributed by atoms with Crippen molar-refractivity contribution in [3.8, 4) is 0 Å². The van der Waals surface area contributed by atoms with Gasteiger partial charge in [0.25, 0.3) is 0 Å². The maximum atomic E-state index is 11.9. The normalized spacial score (nSPS) is 10.5. The van der Waals surface area contributed by atoms with E-state index in [2.05, 4.69) is 31.4 Å². The van der Waals surface area contributed by atoms with E-state index in [-0.39, 0.29) is 5.91 Å². The molecule has 2 rings (SSSR count). The van der Waals surface area contributed by atoms with E-state index in [1.54, 1.807) is 0 Å². The summed E-state index contributed by atoms with van der Waals surface area (Å²) in [4.78, 5) is 12.9. The average molecular weight is 340 g/mol. The Morgan fingerprint density at radius 2 is 2.26 bits per heavy atom. The smallest absolute Gasteiger partial charge is 0.234 e. The van der Waals surface area contributed by atoms with Gasteiger partial charge in [0.2, 0.25) is 5.91 Å². The van der Waals surface area contributed by atoms with Crippen molar-refractivity contribution in [3.63, 3.8) is 0 Å². The van der Waals surface area contributed by atoms with Crippen LogP contribution < -0.4 is 5.32 Å². The second kappa shape index (κ2) is 6.25. The number of amides is 1. The number of hydrogen-bond donors (Lipinski definition) is 2. The lowest BCUT2D eigenvalue weighted by Gasteiger charge is -2.05. The lowest BCUT2D eigenvalue weighted by Crippen LogP contribution is -2.14. The van der Waals surface area contributed by atoms with Gasteiger partial charge in [0.1, 0.15) is 0 Å². The number of aromatic amines is 1. The molecule has 0 bridgehead atoms. The van der Waals surface area contributed by atoms with Gasteiger partial charge in [0.15, 0.2) is 0 Å². The minimum atomic E-state index is -0.0249. The molecule has 0 aliphatic carbocycles. The highest BCUT2D eigenvalue weighted by molar-refractivity contribution is 9.10. The lowest BCUT2D eigenvalue weighted by atomic mass is 10.3. The van der Waals surface area contributed by atoms with E-state index in [9.17, 15) is 4.79 Å². The first-order valence-electron chi connectivity index (χ1n) is 5.76. The molecule has 0 saturated carbocycles. The molecule has 0 unspecified atom stereocenters. The molecule has 6 heteroatoms. The molecular weight excluding hydrogens is 326 g/mol. The van der Waals surface area contributed by atoms with E-state index in [0.29, 0.717) is 5.75 Å². The van der Waals surface area contributed by atoms with Gasteiger partial charge < -0.3 is 5.32 Å². The first-order chi connectivity index (χ1) is 9.06. The van der Waals surface area contributed by atoms with Crippen LogP contribution in [0.2, 0.25) is 0 Å². The highest BCUT2D eigenvalue weighted by atomic mass is 79.9. The Hall–Kier alpha value is -1.27. The summed E-state index contributed by atoms with van der Waals surface area (Å²) in [7, 11) is 0. The number of anilines is 1. The summed E-state index contributed by atoms with van der Waals surface area (Å²) in [5, 5.41) is 9.88. The van der Waals surface area contributed by atoms with Gasteiger partial charge in [-0.25, -0.2) is 0 Å². The first kappa shape index (κ1) is 14.1. The molecule has 1 heterocycles. The largest absolute Gasteiger partial charge is 0.325 e. The van der Waals surface area contributed by atoms with Crippen molar-refractivity contribution in [1.82, 2.24) is 10.2 Å². The number of hydrogen-bond acceptors (Lipinski definition) is 3. The molecule has 0 fully saturated rings. The molecule has 4 nitrogen and oxygen atoms in total. The molecule has 19 heavy (non-hydrogen) atoms. The third kappa shape index (κ3) is 3.84. The van der Waals surface area contributed by atoms with E-state index >= 15 is 0 Å². The van der Waals surface area contributed by atoms with Crippen molar-refractivity contribution >= 4 is 39.3 Å². The molecule has 1 aromatic carbocycles. The number of rotatable bonds is 4. The minimum absolute atomic E-state index is 0.0249. The summed E-state index contributed by atoms with van der Waals surface area (Å²) in [6.45, 7) is 3.88. The Morgan fingerprint density at radius 1 is 1.47 bits per heavy atom. The van der Waals surface area contributed by atoms with Gasteiger partial charge in [-0.2, -0.15) is 5.10 Å². The van der Waals surface area contributed by atoms with Gasteiger partial charge in [-0.15, -0.1) is 11.8 Å². The topological polar surface area (TPSA) is 57.8 Å². The minimum Gasteiger partial charge on any atom is -0.325 e. The molecule has 0 saturated heterocycles. The molecule has 0 aliphatic rings. The number of carbonyl (C=O) groups is 1. The van der Waals surface area contributed by atoms with Gasteiger partial charge in [-0.1, -0.05) is 22.0 Å². The van der Waals surface area contributed by atoms with E-state index < -0.39 is 0 Å². The summed E-state index contributed by atoms with van der Waals surface area (Å²) in [5.74, 6) is 0.344. The predicted molar refractivity (Wildman–Crippen MR) is 81.6 cm³/mol. The number of aromatic nitrogens is 2. The second-order valence-electron chi connectivity index (χ2n) is 4.11. The zero-order chi connectivity index (χ0) is 13.8. The molecular formula is C13H14BrN3OS. The van der Waals surface area contributed by atoms with Crippen LogP contribution in [-0.2, 0) is 4.79 Å². The Labute approximate surface area is 124 Å². The number of nitrogens with one attached hydrogen (secondary N) is 2. The number of halogens is 1. The van der Waals surface area contributed by atoms with Gasteiger partial charge in [0, 0.05) is 15.9 Å². The fraction of sp³-hybridized carbons (Fsp3) is 0.231.